The van der Waals surface area contributed by atoms with Gasteiger partial charge in [0, 0.05) is 36.2 Å². The largest absolute Gasteiger partial charge is 0.450 e. The Kier molecular flexibility index (Phi) is 5.22. The zero-order chi connectivity index (χ0) is 15.4. The monoisotopic (exact) mass is 354 g/mol. The number of carbonyl (C=O) groups is 2. The number of hydrogen-bond acceptors (Lipinski definition) is 4. The number of rotatable bonds is 3. The highest BCUT2D eigenvalue weighted by atomic mass is 79.9. The molecule has 1 aromatic rings. The van der Waals surface area contributed by atoms with Crippen LogP contribution in [0.5, 0.6) is 0 Å². The van der Waals surface area contributed by atoms with Crippen LogP contribution in [0.15, 0.2) is 22.7 Å². The van der Waals surface area contributed by atoms with Crippen LogP contribution in [0.2, 0.25) is 0 Å². The van der Waals surface area contributed by atoms with Crippen molar-refractivity contribution in [1.29, 1.82) is 0 Å². The molecular weight excluding hydrogens is 336 g/mol. The lowest BCUT2D eigenvalue weighted by atomic mass is 10.1. The molecule has 1 amide bonds. The van der Waals surface area contributed by atoms with Crippen LogP contribution in [-0.2, 0) is 4.74 Å². The SMILES string of the molecule is CCOC(=O)N1CCN(c2ccc(C(C)=O)cc2Br)CC1. The van der Waals surface area contributed by atoms with Crippen molar-refractivity contribution in [1.82, 2.24) is 4.90 Å². The summed E-state index contributed by atoms with van der Waals surface area (Å²) in [6.45, 7) is 6.53. The first-order valence-electron chi connectivity index (χ1n) is 7.00. The van der Waals surface area contributed by atoms with Gasteiger partial charge in [-0.05, 0) is 48.0 Å². The van der Waals surface area contributed by atoms with Gasteiger partial charge in [0.05, 0.1) is 12.3 Å². The van der Waals surface area contributed by atoms with Gasteiger partial charge in [-0.15, -0.1) is 0 Å². The van der Waals surface area contributed by atoms with E-state index in [9.17, 15) is 9.59 Å². The third-order valence-corrected chi connectivity index (χ3v) is 4.14. The van der Waals surface area contributed by atoms with E-state index in [1.165, 1.54) is 0 Å². The Morgan fingerprint density at radius 2 is 1.90 bits per heavy atom. The van der Waals surface area contributed by atoms with Crippen LogP contribution in [0, 0.1) is 0 Å². The highest BCUT2D eigenvalue weighted by Crippen LogP contribution is 2.28. The van der Waals surface area contributed by atoms with Gasteiger partial charge < -0.3 is 14.5 Å². The smallest absolute Gasteiger partial charge is 0.409 e. The Hall–Kier alpha value is -1.56. The molecule has 0 saturated carbocycles. The molecule has 0 spiro atoms. The molecule has 6 heteroatoms. The summed E-state index contributed by atoms with van der Waals surface area (Å²) in [4.78, 5) is 27.0. The molecule has 1 saturated heterocycles. The fourth-order valence-corrected chi connectivity index (χ4v) is 2.96. The number of ketones is 1. The highest BCUT2D eigenvalue weighted by Gasteiger charge is 2.23. The van der Waals surface area contributed by atoms with E-state index in [1.54, 1.807) is 11.8 Å². The zero-order valence-corrected chi connectivity index (χ0v) is 13.9. The molecule has 0 aromatic heterocycles. The van der Waals surface area contributed by atoms with E-state index in [1.807, 2.05) is 25.1 Å². The van der Waals surface area contributed by atoms with E-state index in [-0.39, 0.29) is 11.9 Å². The number of benzene rings is 1. The van der Waals surface area contributed by atoms with Crippen LogP contribution in [0.3, 0.4) is 0 Å². The maximum absolute atomic E-state index is 11.7. The lowest BCUT2D eigenvalue weighted by molar-refractivity contribution is 0.101. The number of Topliss-reactive ketones (excluding diaryl/α,β-unsaturated/α-hetero) is 1. The quantitative estimate of drug-likeness (QED) is 0.783. The van der Waals surface area contributed by atoms with Crippen molar-refractivity contribution in [2.24, 2.45) is 0 Å². The Labute approximate surface area is 133 Å². The van der Waals surface area contributed by atoms with Crippen LogP contribution < -0.4 is 4.90 Å². The van der Waals surface area contributed by atoms with Crippen molar-refractivity contribution in [3.05, 3.63) is 28.2 Å². The molecule has 1 aliphatic rings. The number of anilines is 1. The summed E-state index contributed by atoms with van der Waals surface area (Å²) in [6.07, 6.45) is -0.247. The first-order chi connectivity index (χ1) is 10.0. The summed E-state index contributed by atoms with van der Waals surface area (Å²) < 4.78 is 5.91. The van der Waals surface area contributed by atoms with E-state index in [2.05, 4.69) is 20.8 Å². The van der Waals surface area contributed by atoms with Crippen LogP contribution in [0.4, 0.5) is 10.5 Å². The Morgan fingerprint density at radius 3 is 2.43 bits per heavy atom. The molecule has 21 heavy (non-hydrogen) atoms. The van der Waals surface area contributed by atoms with Crippen LogP contribution in [0.25, 0.3) is 0 Å². The van der Waals surface area contributed by atoms with Crippen LogP contribution in [0.1, 0.15) is 24.2 Å². The van der Waals surface area contributed by atoms with Crippen LogP contribution >= 0.6 is 15.9 Å². The molecule has 0 aliphatic carbocycles. The van der Waals surface area contributed by atoms with Gasteiger partial charge in [-0.2, -0.15) is 0 Å². The Morgan fingerprint density at radius 1 is 1.24 bits per heavy atom. The minimum absolute atomic E-state index is 0.0504. The van der Waals surface area contributed by atoms with Gasteiger partial charge in [-0.1, -0.05) is 0 Å². The van der Waals surface area contributed by atoms with Crippen molar-refractivity contribution in [2.75, 3.05) is 37.7 Å². The average molecular weight is 355 g/mol. The molecular formula is C15H19BrN2O3. The summed E-state index contributed by atoms with van der Waals surface area (Å²) in [7, 11) is 0. The Balaban J connectivity index is 2.02. The molecule has 5 nitrogen and oxygen atoms in total. The molecule has 0 atom stereocenters. The number of nitrogens with zero attached hydrogens (tertiary/aromatic N) is 2. The second-order valence-electron chi connectivity index (χ2n) is 4.90. The van der Waals surface area contributed by atoms with Gasteiger partial charge in [0.2, 0.25) is 0 Å². The molecule has 0 bridgehead atoms. The molecule has 1 heterocycles. The number of piperazine rings is 1. The zero-order valence-electron chi connectivity index (χ0n) is 12.3. The number of amides is 1. The third kappa shape index (κ3) is 3.75. The van der Waals surface area contributed by atoms with Crippen molar-refractivity contribution >= 4 is 33.5 Å². The van der Waals surface area contributed by atoms with Gasteiger partial charge in [-0.3, -0.25) is 4.79 Å². The molecule has 114 valence electrons. The predicted molar refractivity (Wildman–Crippen MR) is 85.0 cm³/mol. The van der Waals surface area contributed by atoms with Gasteiger partial charge in [0.25, 0.3) is 0 Å². The first kappa shape index (κ1) is 15.8. The molecule has 0 unspecified atom stereocenters. The summed E-state index contributed by atoms with van der Waals surface area (Å²) in [5.74, 6) is 0.0504. The molecule has 1 fully saturated rings. The number of ether oxygens (including phenoxy) is 1. The van der Waals surface area contributed by atoms with Crippen molar-refractivity contribution in [3.63, 3.8) is 0 Å². The van der Waals surface area contributed by atoms with E-state index in [0.29, 0.717) is 25.3 Å². The molecule has 0 N–H and O–H groups in total. The highest BCUT2D eigenvalue weighted by molar-refractivity contribution is 9.10. The van der Waals surface area contributed by atoms with Crippen molar-refractivity contribution in [3.8, 4) is 0 Å². The van der Waals surface area contributed by atoms with E-state index >= 15 is 0 Å². The topological polar surface area (TPSA) is 49.9 Å². The molecule has 1 aliphatic heterocycles. The van der Waals surface area contributed by atoms with Crippen molar-refractivity contribution in [2.45, 2.75) is 13.8 Å². The number of carbonyl (C=O) groups excluding carboxylic acids is 2. The minimum atomic E-state index is -0.247. The predicted octanol–water partition coefficient (Wildman–Crippen LogP) is 2.93. The minimum Gasteiger partial charge on any atom is -0.450 e. The lowest BCUT2D eigenvalue weighted by Gasteiger charge is -2.36. The first-order valence-corrected chi connectivity index (χ1v) is 7.79. The van der Waals surface area contributed by atoms with E-state index in [4.69, 9.17) is 4.74 Å². The summed E-state index contributed by atoms with van der Waals surface area (Å²) >= 11 is 3.52. The lowest BCUT2D eigenvalue weighted by Crippen LogP contribution is -2.49. The standard InChI is InChI=1S/C15H19BrN2O3/c1-3-21-15(20)18-8-6-17(7-9-18)14-5-4-12(11(2)19)10-13(14)16/h4-5,10H,3,6-9H2,1-2H3. The van der Waals surface area contributed by atoms with Gasteiger partial charge in [0.1, 0.15) is 0 Å². The maximum atomic E-state index is 11.7. The fraction of sp³-hybridized carbons (Fsp3) is 0.467. The second-order valence-corrected chi connectivity index (χ2v) is 5.75. The van der Waals surface area contributed by atoms with E-state index in [0.717, 1.165) is 23.2 Å². The molecule has 0 radical (unpaired) electrons. The van der Waals surface area contributed by atoms with Gasteiger partial charge in [-0.25, -0.2) is 4.79 Å². The van der Waals surface area contributed by atoms with E-state index < -0.39 is 0 Å². The van der Waals surface area contributed by atoms with Crippen molar-refractivity contribution < 1.29 is 14.3 Å². The molecule has 1 aromatic carbocycles. The maximum Gasteiger partial charge on any atom is 0.409 e. The fourth-order valence-electron chi connectivity index (χ4n) is 2.33. The van der Waals surface area contributed by atoms with Gasteiger partial charge >= 0.3 is 6.09 Å². The summed E-state index contributed by atoms with van der Waals surface area (Å²) in [5, 5.41) is 0. The average Bonchev–Trinajstić information content (AvgIpc) is 2.47. The molecule has 2 rings (SSSR count). The number of halogens is 1. The van der Waals surface area contributed by atoms with Gasteiger partial charge in [0.15, 0.2) is 5.78 Å². The van der Waals surface area contributed by atoms with Crippen LogP contribution in [-0.4, -0.2) is 49.6 Å². The normalized spacial score (nSPS) is 15.0. The summed E-state index contributed by atoms with van der Waals surface area (Å²) in [6, 6.07) is 5.62. The summed E-state index contributed by atoms with van der Waals surface area (Å²) in [5.41, 5.74) is 1.74. The third-order valence-electron chi connectivity index (χ3n) is 3.50. The Bertz CT molecular complexity index is 540. The number of hydrogen-bond donors (Lipinski definition) is 0. The second kappa shape index (κ2) is 6.93.